The SMILES string of the molecule is OC1(c2ccccc2)CCN(CC2COCCOC2)CC1. The molecule has 4 nitrogen and oxygen atoms in total. The van der Waals surface area contributed by atoms with Crippen LogP contribution in [-0.4, -0.2) is 56.1 Å². The van der Waals surface area contributed by atoms with Crippen LogP contribution in [-0.2, 0) is 15.1 Å². The third-order valence-electron chi connectivity index (χ3n) is 4.59. The van der Waals surface area contributed by atoms with Gasteiger partial charge in [0, 0.05) is 25.6 Å². The summed E-state index contributed by atoms with van der Waals surface area (Å²) in [6, 6.07) is 10.1. The van der Waals surface area contributed by atoms with E-state index in [0.717, 1.165) is 51.3 Å². The van der Waals surface area contributed by atoms with Gasteiger partial charge >= 0.3 is 0 Å². The topological polar surface area (TPSA) is 41.9 Å². The number of benzene rings is 1. The zero-order chi connectivity index (χ0) is 14.5. The molecule has 2 saturated heterocycles. The number of piperidine rings is 1. The number of likely N-dealkylation sites (tertiary alicyclic amines) is 1. The number of rotatable bonds is 3. The van der Waals surface area contributed by atoms with Crippen molar-refractivity contribution in [3.8, 4) is 0 Å². The zero-order valence-corrected chi connectivity index (χ0v) is 12.5. The van der Waals surface area contributed by atoms with Gasteiger partial charge in [-0.15, -0.1) is 0 Å². The number of aliphatic hydroxyl groups is 1. The van der Waals surface area contributed by atoms with E-state index in [0.29, 0.717) is 19.1 Å². The quantitative estimate of drug-likeness (QED) is 0.919. The first-order chi connectivity index (χ1) is 10.3. The Morgan fingerprint density at radius 2 is 1.67 bits per heavy atom. The van der Waals surface area contributed by atoms with Crippen molar-refractivity contribution in [2.24, 2.45) is 5.92 Å². The van der Waals surface area contributed by atoms with E-state index in [4.69, 9.17) is 9.47 Å². The van der Waals surface area contributed by atoms with Crippen molar-refractivity contribution >= 4 is 0 Å². The fourth-order valence-electron chi connectivity index (χ4n) is 3.28. The molecule has 0 unspecified atom stereocenters. The van der Waals surface area contributed by atoms with Crippen LogP contribution in [0.2, 0.25) is 0 Å². The van der Waals surface area contributed by atoms with Gasteiger partial charge < -0.3 is 19.5 Å². The van der Waals surface area contributed by atoms with Gasteiger partial charge in [-0.2, -0.15) is 0 Å². The molecular weight excluding hydrogens is 266 g/mol. The minimum Gasteiger partial charge on any atom is -0.385 e. The Bertz CT molecular complexity index is 421. The second kappa shape index (κ2) is 6.88. The van der Waals surface area contributed by atoms with Gasteiger partial charge in [0.1, 0.15) is 0 Å². The van der Waals surface area contributed by atoms with Crippen LogP contribution in [0.3, 0.4) is 0 Å². The van der Waals surface area contributed by atoms with Crippen LogP contribution in [0.25, 0.3) is 0 Å². The molecule has 0 aromatic heterocycles. The summed E-state index contributed by atoms with van der Waals surface area (Å²) >= 11 is 0. The van der Waals surface area contributed by atoms with Gasteiger partial charge in [-0.05, 0) is 18.4 Å². The summed E-state index contributed by atoms with van der Waals surface area (Å²) in [5.74, 6) is 0.454. The molecule has 1 N–H and O–H groups in total. The Hall–Kier alpha value is -0.940. The monoisotopic (exact) mass is 291 g/mol. The minimum atomic E-state index is -0.659. The van der Waals surface area contributed by atoms with E-state index in [-0.39, 0.29) is 0 Å². The molecule has 1 aromatic rings. The molecule has 21 heavy (non-hydrogen) atoms. The lowest BCUT2D eigenvalue weighted by Crippen LogP contribution is -2.45. The summed E-state index contributed by atoms with van der Waals surface area (Å²) in [7, 11) is 0. The van der Waals surface area contributed by atoms with Crippen molar-refractivity contribution in [1.29, 1.82) is 0 Å². The Kier molecular flexibility index (Phi) is 4.91. The van der Waals surface area contributed by atoms with Crippen LogP contribution in [0, 0.1) is 5.92 Å². The predicted molar refractivity (Wildman–Crippen MR) is 81.1 cm³/mol. The van der Waals surface area contributed by atoms with Gasteiger partial charge in [-0.1, -0.05) is 30.3 Å². The predicted octanol–water partition coefficient (Wildman–Crippen LogP) is 1.63. The van der Waals surface area contributed by atoms with Gasteiger partial charge in [-0.3, -0.25) is 0 Å². The van der Waals surface area contributed by atoms with Crippen molar-refractivity contribution in [3.63, 3.8) is 0 Å². The Balaban J connectivity index is 1.52. The number of hydrogen-bond acceptors (Lipinski definition) is 4. The maximum absolute atomic E-state index is 10.8. The summed E-state index contributed by atoms with van der Waals surface area (Å²) in [5, 5.41) is 10.8. The van der Waals surface area contributed by atoms with Crippen molar-refractivity contribution in [3.05, 3.63) is 35.9 Å². The lowest BCUT2D eigenvalue weighted by Gasteiger charge is -2.39. The van der Waals surface area contributed by atoms with E-state index >= 15 is 0 Å². The lowest BCUT2D eigenvalue weighted by molar-refractivity contribution is -0.0324. The first-order valence-corrected chi connectivity index (χ1v) is 7.92. The van der Waals surface area contributed by atoms with E-state index in [2.05, 4.69) is 4.90 Å². The van der Waals surface area contributed by atoms with Gasteiger partial charge in [-0.25, -0.2) is 0 Å². The third kappa shape index (κ3) is 3.83. The molecule has 0 radical (unpaired) electrons. The van der Waals surface area contributed by atoms with Crippen LogP contribution in [0.5, 0.6) is 0 Å². The third-order valence-corrected chi connectivity index (χ3v) is 4.59. The minimum absolute atomic E-state index is 0.454. The molecule has 0 atom stereocenters. The van der Waals surface area contributed by atoms with Gasteiger partial charge in [0.2, 0.25) is 0 Å². The van der Waals surface area contributed by atoms with Crippen LogP contribution in [0.15, 0.2) is 30.3 Å². The molecular formula is C17H25NO3. The van der Waals surface area contributed by atoms with E-state index in [9.17, 15) is 5.11 Å². The van der Waals surface area contributed by atoms with E-state index in [1.165, 1.54) is 0 Å². The van der Waals surface area contributed by atoms with E-state index < -0.39 is 5.60 Å². The van der Waals surface area contributed by atoms with Crippen molar-refractivity contribution in [2.75, 3.05) is 46.1 Å². The fourth-order valence-corrected chi connectivity index (χ4v) is 3.28. The maximum atomic E-state index is 10.8. The summed E-state index contributed by atoms with van der Waals surface area (Å²) in [4.78, 5) is 2.43. The fraction of sp³-hybridized carbons (Fsp3) is 0.647. The largest absolute Gasteiger partial charge is 0.385 e. The molecule has 0 bridgehead atoms. The molecule has 0 aliphatic carbocycles. The highest BCUT2D eigenvalue weighted by Gasteiger charge is 2.34. The standard InChI is InChI=1S/C17H25NO3/c19-17(16-4-2-1-3-5-16)6-8-18(9-7-17)12-15-13-20-10-11-21-14-15/h1-5,15,19H,6-14H2. The normalized spacial score (nSPS) is 24.6. The molecule has 3 rings (SSSR count). The van der Waals surface area contributed by atoms with Crippen molar-refractivity contribution in [1.82, 2.24) is 4.90 Å². The average molecular weight is 291 g/mol. The highest BCUT2D eigenvalue weighted by Crippen LogP contribution is 2.32. The molecule has 2 aliphatic heterocycles. The first-order valence-electron chi connectivity index (χ1n) is 7.92. The van der Waals surface area contributed by atoms with Crippen LogP contribution < -0.4 is 0 Å². The molecule has 0 saturated carbocycles. The van der Waals surface area contributed by atoms with Gasteiger partial charge in [0.05, 0.1) is 32.0 Å². The summed E-state index contributed by atoms with van der Waals surface area (Å²) in [5.41, 5.74) is 0.389. The molecule has 1 aromatic carbocycles. The number of nitrogens with zero attached hydrogens (tertiary/aromatic N) is 1. The molecule has 2 fully saturated rings. The summed E-state index contributed by atoms with van der Waals surface area (Å²) in [6.07, 6.45) is 1.59. The average Bonchev–Trinajstić information content (AvgIpc) is 2.79. The van der Waals surface area contributed by atoms with Crippen LogP contribution in [0.4, 0.5) is 0 Å². The molecule has 0 amide bonds. The number of ether oxygens (including phenoxy) is 2. The maximum Gasteiger partial charge on any atom is 0.0920 e. The lowest BCUT2D eigenvalue weighted by atomic mass is 9.84. The first kappa shape index (κ1) is 15.0. The van der Waals surface area contributed by atoms with Gasteiger partial charge in [0.15, 0.2) is 0 Å². The smallest absolute Gasteiger partial charge is 0.0920 e. The molecule has 2 aliphatic rings. The second-order valence-electron chi connectivity index (χ2n) is 6.21. The van der Waals surface area contributed by atoms with Gasteiger partial charge in [0.25, 0.3) is 0 Å². The molecule has 116 valence electrons. The number of hydrogen-bond donors (Lipinski definition) is 1. The Labute approximate surface area is 126 Å². The summed E-state index contributed by atoms with van der Waals surface area (Å²) < 4.78 is 11.1. The second-order valence-corrected chi connectivity index (χ2v) is 6.21. The molecule has 2 heterocycles. The van der Waals surface area contributed by atoms with Crippen LogP contribution in [0.1, 0.15) is 18.4 Å². The molecule has 4 heteroatoms. The molecule has 0 spiro atoms. The summed E-state index contributed by atoms with van der Waals surface area (Å²) in [6.45, 7) is 5.88. The Morgan fingerprint density at radius 3 is 2.29 bits per heavy atom. The van der Waals surface area contributed by atoms with E-state index in [1.54, 1.807) is 0 Å². The van der Waals surface area contributed by atoms with Crippen molar-refractivity contribution in [2.45, 2.75) is 18.4 Å². The van der Waals surface area contributed by atoms with Crippen molar-refractivity contribution < 1.29 is 14.6 Å². The van der Waals surface area contributed by atoms with Crippen LogP contribution >= 0.6 is 0 Å². The zero-order valence-electron chi connectivity index (χ0n) is 12.5. The highest BCUT2D eigenvalue weighted by molar-refractivity contribution is 5.22. The highest BCUT2D eigenvalue weighted by atomic mass is 16.5. The Morgan fingerprint density at radius 1 is 1.05 bits per heavy atom. The van der Waals surface area contributed by atoms with E-state index in [1.807, 2.05) is 30.3 Å².